The molecule has 55 heavy (non-hydrogen) atoms. The van der Waals surface area contributed by atoms with Crippen molar-refractivity contribution < 1.29 is 28.6 Å². The Morgan fingerprint density at radius 2 is 0.727 bits per heavy atom. The largest absolute Gasteiger partial charge is 0.462 e. The maximum atomic E-state index is 12.7. The molecule has 0 aromatic rings. The molecule has 0 aromatic heterocycles. The summed E-state index contributed by atoms with van der Waals surface area (Å²) in [6.07, 6.45) is 55.4. The van der Waals surface area contributed by atoms with Crippen LogP contribution in [0.25, 0.3) is 0 Å². The highest BCUT2D eigenvalue weighted by molar-refractivity contribution is 5.71. The first-order valence-electron chi connectivity index (χ1n) is 21.8. The number of hydrogen-bond acceptors (Lipinski definition) is 6. The van der Waals surface area contributed by atoms with E-state index in [1.807, 2.05) is 60.8 Å². The number of rotatable bonds is 37. The van der Waals surface area contributed by atoms with Crippen molar-refractivity contribution in [3.63, 3.8) is 0 Å². The van der Waals surface area contributed by atoms with Crippen LogP contribution in [0.5, 0.6) is 0 Å². The van der Waals surface area contributed by atoms with Crippen LogP contribution in [0.3, 0.4) is 0 Å². The molecule has 0 aliphatic heterocycles. The van der Waals surface area contributed by atoms with E-state index in [1.54, 1.807) is 0 Å². The van der Waals surface area contributed by atoms with E-state index in [-0.39, 0.29) is 44.0 Å². The Morgan fingerprint density at radius 3 is 1.18 bits per heavy atom. The summed E-state index contributed by atoms with van der Waals surface area (Å²) in [7, 11) is 0. The Bertz CT molecular complexity index is 1150. The highest BCUT2D eigenvalue weighted by atomic mass is 16.6. The van der Waals surface area contributed by atoms with Gasteiger partial charge in [0.25, 0.3) is 0 Å². The fraction of sp³-hybridized carbons (Fsp3) is 0.612. The van der Waals surface area contributed by atoms with Crippen molar-refractivity contribution in [2.75, 3.05) is 13.2 Å². The average molecular weight is 763 g/mol. The summed E-state index contributed by atoms with van der Waals surface area (Å²) in [5.74, 6) is -1.02. The van der Waals surface area contributed by atoms with Gasteiger partial charge in [0.1, 0.15) is 13.2 Å². The van der Waals surface area contributed by atoms with Crippen molar-refractivity contribution in [2.45, 2.75) is 181 Å². The van der Waals surface area contributed by atoms with Gasteiger partial charge in [-0.1, -0.05) is 201 Å². The number of ether oxygens (including phenoxy) is 3. The summed E-state index contributed by atoms with van der Waals surface area (Å²) in [5.41, 5.74) is 0. The van der Waals surface area contributed by atoms with Crippen LogP contribution in [0.15, 0.2) is 97.2 Å². The first-order chi connectivity index (χ1) is 27.0. The van der Waals surface area contributed by atoms with E-state index in [2.05, 4.69) is 57.2 Å². The van der Waals surface area contributed by atoms with Gasteiger partial charge in [-0.15, -0.1) is 0 Å². The summed E-state index contributed by atoms with van der Waals surface area (Å²) in [6, 6.07) is 0. The van der Waals surface area contributed by atoms with Crippen LogP contribution in [0.4, 0.5) is 0 Å². The molecule has 6 nitrogen and oxygen atoms in total. The van der Waals surface area contributed by atoms with Gasteiger partial charge >= 0.3 is 17.9 Å². The van der Waals surface area contributed by atoms with E-state index >= 15 is 0 Å². The van der Waals surface area contributed by atoms with E-state index in [0.29, 0.717) is 12.8 Å². The SMILES string of the molecule is CC\C=C/C=C\C=C/C=C\C=C/CCCC(=O)OCC(COC(=O)CCCCCCCCCCCCC)OC(=O)CCCCCCC\C=C/C=C\C=C/CC. The van der Waals surface area contributed by atoms with E-state index < -0.39 is 6.10 Å². The molecule has 0 spiro atoms. The van der Waals surface area contributed by atoms with Gasteiger partial charge in [0.2, 0.25) is 0 Å². The third kappa shape index (κ3) is 41.3. The predicted octanol–water partition coefficient (Wildman–Crippen LogP) is 13.9. The minimum Gasteiger partial charge on any atom is -0.462 e. The van der Waals surface area contributed by atoms with Crippen LogP contribution in [0.1, 0.15) is 175 Å². The highest BCUT2D eigenvalue weighted by Gasteiger charge is 2.19. The first-order valence-corrected chi connectivity index (χ1v) is 21.8. The van der Waals surface area contributed by atoms with Crippen molar-refractivity contribution in [2.24, 2.45) is 0 Å². The van der Waals surface area contributed by atoms with Crippen molar-refractivity contribution in [1.82, 2.24) is 0 Å². The number of unbranched alkanes of at least 4 members (excludes halogenated alkanes) is 16. The first kappa shape index (κ1) is 51.3. The Balaban J connectivity index is 4.55. The minimum atomic E-state index is -0.813. The number of carbonyl (C=O) groups is 3. The lowest BCUT2D eigenvalue weighted by molar-refractivity contribution is -0.167. The lowest BCUT2D eigenvalue weighted by Crippen LogP contribution is -2.30. The lowest BCUT2D eigenvalue weighted by atomic mass is 10.1. The van der Waals surface area contributed by atoms with Gasteiger partial charge in [0.15, 0.2) is 6.10 Å². The molecular formula is C49H78O6. The van der Waals surface area contributed by atoms with Gasteiger partial charge in [-0.3, -0.25) is 14.4 Å². The quantitative estimate of drug-likeness (QED) is 0.0271. The molecule has 0 radical (unpaired) electrons. The van der Waals surface area contributed by atoms with E-state index in [1.165, 1.54) is 51.4 Å². The molecule has 0 N–H and O–H groups in total. The molecular weight excluding hydrogens is 685 g/mol. The van der Waals surface area contributed by atoms with E-state index in [4.69, 9.17) is 14.2 Å². The highest BCUT2D eigenvalue weighted by Crippen LogP contribution is 2.13. The molecule has 0 saturated heterocycles. The van der Waals surface area contributed by atoms with Gasteiger partial charge < -0.3 is 14.2 Å². The fourth-order valence-electron chi connectivity index (χ4n) is 5.53. The van der Waals surface area contributed by atoms with Crippen LogP contribution < -0.4 is 0 Å². The molecule has 0 saturated carbocycles. The summed E-state index contributed by atoms with van der Waals surface area (Å²) >= 11 is 0. The maximum Gasteiger partial charge on any atom is 0.306 e. The van der Waals surface area contributed by atoms with Gasteiger partial charge in [-0.05, 0) is 51.4 Å². The molecule has 0 heterocycles. The van der Waals surface area contributed by atoms with Gasteiger partial charge in [0, 0.05) is 19.3 Å². The van der Waals surface area contributed by atoms with E-state index in [9.17, 15) is 14.4 Å². The molecule has 0 amide bonds. The van der Waals surface area contributed by atoms with Crippen molar-refractivity contribution in [3.8, 4) is 0 Å². The molecule has 0 aliphatic rings. The summed E-state index contributed by atoms with van der Waals surface area (Å²) < 4.78 is 16.6. The number of carbonyl (C=O) groups excluding carboxylic acids is 3. The topological polar surface area (TPSA) is 78.9 Å². The van der Waals surface area contributed by atoms with Crippen LogP contribution in [0.2, 0.25) is 0 Å². The van der Waals surface area contributed by atoms with Gasteiger partial charge in [-0.25, -0.2) is 0 Å². The summed E-state index contributed by atoms with van der Waals surface area (Å²) in [4.78, 5) is 37.7. The number of allylic oxidation sites excluding steroid dienone is 16. The van der Waals surface area contributed by atoms with Crippen LogP contribution >= 0.6 is 0 Å². The Morgan fingerprint density at radius 1 is 0.382 bits per heavy atom. The Kier molecular flexibility index (Phi) is 40.2. The number of hydrogen-bond donors (Lipinski definition) is 0. The maximum absolute atomic E-state index is 12.7. The third-order valence-corrected chi connectivity index (χ3v) is 8.77. The molecule has 0 rings (SSSR count). The van der Waals surface area contributed by atoms with Gasteiger partial charge in [0.05, 0.1) is 0 Å². The second-order valence-electron chi connectivity index (χ2n) is 14.0. The molecule has 6 heteroatoms. The molecule has 0 fully saturated rings. The standard InChI is InChI=1S/C49H78O6/c1-4-7-10-13-16-19-22-24-27-30-33-36-39-42-48(51)54-45-46(44-53-47(50)41-38-35-32-29-26-21-18-15-12-9-6-3)55-49(52)43-40-37-34-31-28-25-23-20-17-14-11-8-5-2/h7-8,10-11,13-14,16-17,19-20,22-24,27,30,33,46H,4-6,9,12,15,18,21,25-26,28-29,31-32,34-45H2,1-3H3/b10-7-,11-8-,16-13-,17-14-,22-19-,23-20-,27-24-,33-30-. The van der Waals surface area contributed by atoms with Crippen molar-refractivity contribution >= 4 is 17.9 Å². The molecule has 0 aromatic carbocycles. The molecule has 1 atom stereocenters. The second-order valence-corrected chi connectivity index (χ2v) is 14.0. The monoisotopic (exact) mass is 763 g/mol. The molecule has 0 aliphatic carbocycles. The van der Waals surface area contributed by atoms with E-state index in [0.717, 1.165) is 77.0 Å². The second kappa shape index (κ2) is 43.1. The van der Waals surface area contributed by atoms with Crippen molar-refractivity contribution in [3.05, 3.63) is 97.2 Å². The Hall–Kier alpha value is -3.67. The van der Waals surface area contributed by atoms with Crippen LogP contribution in [-0.2, 0) is 28.6 Å². The molecule has 310 valence electrons. The zero-order chi connectivity index (χ0) is 40.1. The number of esters is 3. The zero-order valence-electron chi connectivity index (χ0n) is 35.1. The van der Waals surface area contributed by atoms with Crippen LogP contribution in [-0.4, -0.2) is 37.2 Å². The summed E-state index contributed by atoms with van der Waals surface area (Å²) in [6.45, 7) is 6.24. The summed E-state index contributed by atoms with van der Waals surface area (Å²) in [5, 5.41) is 0. The van der Waals surface area contributed by atoms with Crippen molar-refractivity contribution in [1.29, 1.82) is 0 Å². The average Bonchev–Trinajstić information content (AvgIpc) is 3.18. The third-order valence-electron chi connectivity index (χ3n) is 8.77. The predicted molar refractivity (Wildman–Crippen MR) is 233 cm³/mol. The molecule has 0 bridgehead atoms. The lowest BCUT2D eigenvalue weighted by Gasteiger charge is -2.18. The molecule has 1 unspecified atom stereocenters. The van der Waals surface area contributed by atoms with Gasteiger partial charge in [-0.2, -0.15) is 0 Å². The normalized spacial score (nSPS) is 13.0. The smallest absolute Gasteiger partial charge is 0.306 e. The van der Waals surface area contributed by atoms with Crippen LogP contribution in [0, 0.1) is 0 Å². The fourth-order valence-corrected chi connectivity index (χ4v) is 5.53. The zero-order valence-corrected chi connectivity index (χ0v) is 35.1. The minimum absolute atomic E-state index is 0.109. The Labute approximate surface area is 337 Å².